The summed E-state index contributed by atoms with van der Waals surface area (Å²) in [6.07, 6.45) is -15.8. The van der Waals surface area contributed by atoms with E-state index < -0.39 is 105 Å². The number of hydrogen-bond acceptors (Lipinski definition) is 15. The van der Waals surface area contributed by atoms with E-state index in [9.17, 15) is 20.1 Å². The van der Waals surface area contributed by atoms with Gasteiger partial charge in [0.05, 0.1) is 65.6 Å². The molecule has 0 bridgehead atoms. The van der Waals surface area contributed by atoms with Gasteiger partial charge in [-0.15, -0.1) is 0 Å². The Morgan fingerprint density at radius 3 is 1.39 bits per heavy atom. The molecular formula is C56H67NO15. The van der Waals surface area contributed by atoms with Crippen molar-refractivity contribution in [2.75, 3.05) is 20.3 Å². The summed E-state index contributed by atoms with van der Waals surface area (Å²) in [7, 11) is 1.17. The van der Waals surface area contributed by atoms with E-state index in [1.807, 2.05) is 159 Å². The Kier molecular flexibility index (Phi) is 19.7. The van der Waals surface area contributed by atoms with Crippen LogP contribution < -0.4 is 5.32 Å². The molecule has 4 N–H and O–H groups in total. The predicted octanol–water partition coefficient (Wildman–Crippen LogP) is 6.01. The summed E-state index contributed by atoms with van der Waals surface area (Å²) in [5.41, 5.74) is 4.62. The summed E-state index contributed by atoms with van der Waals surface area (Å²) in [5, 5.41) is 35.2. The van der Waals surface area contributed by atoms with Gasteiger partial charge in [0.15, 0.2) is 12.6 Å². The van der Waals surface area contributed by atoms with Crippen LogP contribution in [0.25, 0.3) is 0 Å². The van der Waals surface area contributed by atoms with Gasteiger partial charge in [-0.3, -0.25) is 0 Å². The van der Waals surface area contributed by atoms with Crippen LogP contribution in [0.5, 0.6) is 0 Å². The highest BCUT2D eigenvalue weighted by molar-refractivity contribution is 5.67. The van der Waals surface area contributed by atoms with Crippen LogP contribution in [0.1, 0.15) is 41.7 Å². The van der Waals surface area contributed by atoms with Gasteiger partial charge in [-0.25, -0.2) is 4.79 Å². The molecule has 8 rings (SSSR count). The van der Waals surface area contributed by atoms with Crippen LogP contribution in [0.15, 0.2) is 152 Å². The number of carbonyl (C=O) groups excluding carboxylic acids is 1. The number of rotatable bonds is 22. The molecule has 3 heterocycles. The highest BCUT2D eigenvalue weighted by atomic mass is 16.8. The van der Waals surface area contributed by atoms with Crippen molar-refractivity contribution in [3.8, 4) is 0 Å². The molecule has 386 valence electrons. The SMILES string of the molecule is COC(=O)NC1[C@H](OC2[C@H](C)OC(C)[C@H](OCc3ccccc3)[C@H]2O[C@H]2O[C@H](COCc3ccccc3)[C@@H](OCc3ccccc3)C(OCc3ccccc3)C2OCc2ccccc2)OC(CO)[C@H](O)[C@@H]1O. The quantitative estimate of drug-likeness (QED) is 0.0630. The zero-order valence-corrected chi connectivity index (χ0v) is 40.8. The molecule has 5 aromatic rings. The van der Waals surface area contributed by atoms with Crippen LogP contribution in [0.3, 0.4) is 0 Å². The second kappa shape index (κ2) is 26.7. The zero-order valence-electron chi connectivity index (χ0n) is 40.8. The van der Waals surface area contributed by atoms with Crippen molar-refractivity contribution >= 4 is 6.09 Å². The number of alkyl carbamates (subject to hydrolysis) is 1. The fourth-order valence-electron chi connectivity index (χ4n) is 9.27. The monoisotopic (exact) mass is 993 g/mol. The second-order valence-corrected chi connectivity index (χ2v) is 18.2. The molecule has 0 aromatic heterocycles. The largest absolute Gasteiger partial charge is 0.453 e. The zero-order chi connectivity index (χ0) is 50.2. The lowest BCUT2D eigenvalue weighted by atomic mass is 9.93. The van der Waals surface area contributed by atoms with Crippen LogP contribution in [0.4, 0.5) is 4.79 Å². The van der Waals surface area contributed by atoms with Crippen LogP contribution in [-0.4, -0.2) is 134 Å². The minimum atomic E-state index is -1.65. The normalized spacial score (nSPS) is 30.6. The third-order valence-corrected chi connectivity index (χ3v) is 13.1. The fourth-order valence-corrected chi connectivity index (χ4v) is 9.27. The lowest BCUT2D eigenvalue weighted by Gasteiger charge is -2.51. The van der Waals surface area contributed by atoms with Crippen LogP contribution in [0.2, 0.25) is 0 Å². The number of methoxy groups -OCH3 is 1. The third kappa shape index (κ3) is 14.1. The van der Waals surface area contributed by atoms with Crippen LogP contribution >= 0.6 is 0 Å². The van der Waals surface area contributed by atoms with E-state index in [-0.39, 0.29) is 33.0 Å². The molecule has 1 amide bonds. The average molecular weight is 994 g/mol. The predicted molar refractivity (Wildman–Crippen MR) is 262 cm³/mol. The third-order valence-electron chi connectivity index (χ3n) is 13.1. The van der Waals surface area contributed by atoms with Crippen molar-refractivity contribution in [2.24, 2.45) is 0 Å². The first kappa shape index (κ1) is 53.2. The maximum Gasteiger partial charge on any atom is 0.407 e. The highest BCUT2D eigenvalue weighted by Gasteiger charge is 2.55. The second-order valence-electron chi connectivity index (χ2n) is 18.2. The van der Waals surface area contributed by atoms with Gasteiger partial charge in [0.2, 0.25) is 0 Å². The number of aliphatic hydroxyl groups excluding tert-OH is 3. The minimum Gasteiger partial charge on any atom is -0.453 e. The molecule has 16 nitrogen and oxygen atoms in total. The number of amides is 1. The highest BCUT2D eigenvalue weighted by Crippen LogP contribution is 2.37. The summed E-state index contributed by atoms with van der Waals surface area (Å²) in [6, 6.07) is 47.6. The molecule has 0 saturated carbocycles. The molecule has 0 spiro atoms. The summed E-state index contributed by atoms with van der Waals surface area (Å²) >= 11 is 0. The van der Waals surface area contributed by atoms with Gasteiger partial charge in [-0.1, -0.05) is 152 Å². The molecule has 3 aliphatic rings. The van der Waals surface area contributed by atoms with Crippen molar-refractivity contribution in [1.82, 2.24) is 5.32 Å². The minimum absolute atomic E-state index is 0.0683. The summed E-state index contributed by atoms with van der Waals surface area (Å²) in [6.45, 7) is 4.11. The lowest BCUT2D eigenvalue weighted by Crippen LogP contribution is -2.68. The van der Waals surface area contributed by atoms with Gasteiger partial charge < -0.3 is 72.7 Å². The molecule has 3 fully saturated rings. The number of carbonyl (C=O) groups is 1. The van der Waals surface area contributed by atoms with E-state index in [4.69, 9.17) is 52.1 Å². The van der Waals surface area contributed by atoms with Crippen molar-refractivity contribution in [1.29, 1.82) is 0 Å². The van der Waals surface area contributed by atoms with E-state index in [0.717, 1.165) is 27.8 Å². The topological polar surface area (TPSA) is 191 Å². The van der Waals surface area contributed by atoms with Gasteiger partial charge >= 0.3 is 6.09 Å². The molecule has 72 heavy (non-hydrogen) atoms. The van der Waals surface area contributed by atoms with Crippen LogP contribution in [-0.2, 0) is 85.1 Å². The standard InChI is InChI=1S/C56H67NO15/c1-36-48(64-31-39-21-11-5-12-22-39)52(49(37(2)68-36)71-54-45(57-56(61)62-3)47(60)46(59)43(29-58)69-54)72-55-53(67-34-42-27-17-8-18-28-42)51(66-33-41-25-15-7-16-26-41)50(65-32-40-23-13-6-14-24-40)44(70-55)35-63-30-38-19-9-4-10-20-38/h4-28,36-37,43-55,58-60H,29-35H2,1-3H3,(H,57,61)/t36?,37-,43?,44+,45?,46-,47+,48-,49?,50+,51?,52+,53?,54-,55+/m0/s1. The number of benzene rings is 5. The van der Waals surface area contributed by atoms with E-state index in [2.05, 4.69) is 5.32 Å². The van der Waals surface area contributed by atoms with Crippen molar-refractivity contribution < 1.29 is 72.2 Å². The molecule has 0 radical (unpaired) electrons. The van der Waals surface area contributed by atoms with Gasteiger partial charge in [0.25, 0.3) is 0 Å². The van der Waals surface area contributed by atoms with Gasteiger partial charge in [-0.2, -0.15) is 0 Å². The Bertz CT molecular complexity index is 2320. The molecule has 16 heteroatoms. The Labute approximate surface area is 420 Å². The average Bonchev–Trinajstić information content (AvgIpc) is 3.41. The van der Waals surface area contributed by atoms with E-state index in [0.29, 0.717) is 6.61 Å². The number of nitrogens with one attached hydrogen (secondary N) is 1. The summed E-state index contributed by atoms with van der Waals surface area (Å²) in [5.74, 6) is 0. The smallest absolute Gasteiger partial charge is 0.407 e. The van der Waals surface area contributed by atoms with Gasteiger partial charge in [-0.05, 0) is 41.7 Å². The Balaban J connectivity index is 1.20. The molecule has 6 unspecified atom stereocenters. The first-order chi connectivity index (χ1) is 35.2. The number of aliphatic hydroxyl groups is 3. The molecule has 15 atom stereocenters. The molecular weight excluding hydrogens is 927 g/mol. The maximum absolute atomic E-state index is 12.7. The molecule has 3 saturated heterocycles. The number of hydrogen-bond donors (Lipinski definition) is 4. The maximum atomic E-state index is 12.7. The number of ether oxygens (including phenoxy) is 11. The Hall–Kier alpha value is -5.15. The van der Waals surface area contributed by atoms with Crippen molar-refractivity contribution in [3.05, 3.63) is 179 Å². The molecule has 3 aliphatic heterocycles. The molecule has 0 aliphatic carbocycles. The van der Waals surface area contributed by atoms with E-state index in [1.54, 1.807) is 6.92 Å². The summed E-state index contributed by atoms with van der Waals surface area (Å²) in [4.78, 5) is 12.7. The van der Waals surface area contributed by atoms with Crippen molar-refractivity contribution in [2.45, 2.75) is 139 Å². The summed E-state index contributed by atoms with van der Waals surface area (Å²) < 4.78 is 73.0. The van der Waals surface area contributed by atoms with E-state index in [1.165, 1.54) is 7.11 Å². The van der Waals surface area contributed by atoms with Crippen LogP contribution in [0, 0.1) is 0 Å². The van der Waals surface area contributed by atoms with Gasteiger partial charge in [0, 0.05) is 0 Å². The lowest BCUT2D eigenvalue weighted by molar-refractivity contribution is -0.373. The Morgan fingerprint density at radius 1 is 0.486 bits per heavy atom. The Morgan fingerprint density at radius 2 is 0.903 bits per heavy atom. The van der Waals surface area contributed by atoms with Gasteiger partial charge in [0.1, 0.15) is 67.1 Å². The first-order valence-corrected chi connectivity index (χ1v) is 24.5. The fraction of sp³-hybridized carbons (Fsp3) is 0.446. The molecule has 5 aromatic carbocycles. The van der Waals surface area contributed by atoms with E-state index >= 15 is 0 Å². The first-order valence-electron chi connectivity index (χ1n) is 24.5. The van der Waals surface area contributed by atoms with Crippen molar-refractivity contribution in [3.63, 3.8) is 0 Å².